The predicted molar refractivity (Wildman–Crippen MR) is 52.8 cm³/mol. The Hall–Kier alpha value is -1.72. The Balaban J connectivity index is 3.38. The molecule has 0 spiro atoms. The molecule has 16 heavy (non-hydrogen) atoms. The summed E-state index contributed by atoms with van der Waals surface area (Å²) in [6.45, 7) is 0. The van der Waals surface area contributed by atoms with Gasteiger partial charge < -0.3 is 0 Å². The number of hydrogen-bond donors (Lipinski definition) is 0. The third kappa shape index (κ3) is 2.44. The van der Waals surface area contributed by atoms with Crippen LogP contribution in [0.15, 0.2) is 6.07 Å². The molecular formula is C10H6ClF2N3. The van der Waals surface area contributed by atoms with E-state index < -0.39 is 12.1 Å². The first kappa shape index (κ1) is 12.4. The van der Waals surface area contributed by atoms with Gasteiger partial charge in [0.05, 0.1) is 29.6 Å². The van der Waals surface area contributed by atoms with Crippen LogP contribution in [0.25, 0.3) is 0 Å². The van der Waals surface area contributed by atoms with Crippen LogP contribution in [-0.4, -0.2) is 4.98 Å². The van der Waals surface area contributed by atoms with E-state index in [1.807, 2.05) is 6.07 Å². The topological polar surface area (TPSA) is 60.5 Å². The smallest absolute Gasteiger partial charge is 0.249 e. The lowest BCUT2D eigenvalue weighted by Crippen LogP contribution is -2.03. The van der Waals surface area contributed by atoms with Crippen LogP contribution in [0, 0.1) is 22.7 Å². The van der Waals surface area contributed by atoms with E-state index in [0.717, 1.165) is 0 Å². The summed E-state index contributed by atoms with van der Waals surface area (Å²) in [4.78, 5) is 3.62. The molecule has 0 saturated heterocycles. The highest BCUT2D eigenvalue weighted by molar-refractivity contribution is 6.17. The van der Waals surface area contributed by atoms with Gasteiger partial charge in [0, 0.05) is 0 Å². The molecule has 0 atom stereocenters. The van der Waals surface area contributed by atoms with Crippen molar-refractivity contribution in [1.82, 2.24) is 4.98 Å². The van der Waals surface area contributed by atoms with Crippen molar-refractivity contribution in [3.63, 3.8) is 0 Å². The average Bonchev–Trinajstić information content (AvgIpc) is 2.28. The molecule has 0 bridgehead atoms. The molecule has 0 radical (unpaired) electrons. The van der Waals surface area contributed by atoms with Gasteiger partial charge >= 0.3 is 0 Å². The van der Waals surface area contributed by atoms with Gasteiger partial charge in [-0.15, -0.1) is 11.6 Å². The average molecular weight is 242 g/mol. The summed E-state index contributed by atoms with van der Waals surface area (Å²) in [7, 11) is 0. The molecule has 0 unspecified atom stereocenters. The Morgan fingerprint density at radius 3 is 2.56 bits per heavy atom. The first-order valence-corrected chi connectivity index (χ1v) is 4.81. The molecule has 82 valence electrons. The Kier molecular flexibility index (Phi) is 4.16. The van der Waals surface area contributed by atoms with Crippen molar-refractivity contribution in [2.24, 2.45) is 0 Å². The summed E-state index contributed by atoms with van der Waals surface area (Å²) in [5.41, 5.74) is -0.162. The summed E-state index contributed by atoms with van der Waals surface area (Å²) in [6.07, 6.45) is -2.98. The van der Waals surface area contributed by atoms with Gasteiger partial charge in [0.1, 0.15) is 11.8 Å². The summed E-state index contributed by atoms with van der Waals surface area (Å²) < 4.78 is 25.2. The Labute approximate surface area is 95.9 Å². The SMILES string of the molecule is N#CCc1cc(C#N)c(CCl)nc1C(F)F. The zero-order valence-corrected chi connectivity index (χ0v) is 8.80. The molecule has 1 aromatic rings. The van der Waals surface area contributed by atoms with E-state index >= 15 is 0 Å². The van der Waals surface area contributed by atoms with Crippen LogP contribution >= 0.6 is 11.6 Å². The van der Waals surface area contributed by atoms with Gasteiger partial charge in [0.25, 0.3) is 6.43 Å². The number of pyridine rings is 1. The molecule has 0 aromatic carbocycles. The predicted octanol–water partition coefficient (Wildman–Crippen LogP) is 2.70. The monoisotopic (exact) mass is 241 g/mol. The van der Waals surface area contributed by atoms with Crippen LogP contribution in [0.4, 0.5) is 8.78 Å². The van der Waals surface area contributed by atoms with Gasteiger partial charge in [-0.1, -0.05) is 0 Å². The second kappa shape index (κ2) is 5.39. The zero-order chi connectivity index (χ0) is 12.1. The summed E-state index contributed by atoms with van der Waals surface area (Å²) >= 11 is 5.49. The standard InChI is InChI=1S/C10H6ClF2N3/c11-4-8-7(5-15)3-6(1-2-14)9(16-8)10(12)13/h3,10H,1,4H2. The summed E-state index contributed by atoms with van der Waals surface area (Å²) in [5, 5.41) is 17.2. The van der Waals surface area contributed by atoms with Gasteiger partial charge in [0.2, 0.25) is 0 Å². The third-order valence-corrected chi connectivity index (χ3v) is 2.19. The van der Waals surface area contributed by atoms with Crippen molar-refractivity contribution in [2.45, 2.75) is 18.7 Å². The lowest BCUT2D eigenvalue weighted by Gasteiger charge is -2.08. The van der Waals surface area contributed by atoms with E-state index in [1.54, 1.807) is 6.07 Å². The molecule has 6 heteroatoms. The van der Waals surface area contributed by atoms with E-state index in [-0.39, 0.29) is 29.1 Å². The van der Waals surface area contributed by atoms with E-state index in [1.165, 1.54) is 6.07 Å². The van der Waals surface area contributed by atoms with E-state index in [4.69, 9.17) is 22.1 Å². The van der Waals surface area contributed by atoms with Crippen molar-refractivity contribution in [2.75, 3.05) is 0 Å². The molecular weight excluding hydrogens is 236 g/mol. The molecule has 0 saturated carbocycles. The van der Waals surface area contributed by atoms with Crippen molar-refractivity contribution >= 4 is 11.6 Å². The fraction of sp³-hybridized carbons (Fsp3) is 0.300. The molecule has 0 aliphatic carbocycles. The van der Waals surface area contributed by atoms with Crippen molar-refractivity contribution in [1.29, 1.82) is 10.5 Å². The first-order chi connectivity index (χ1) is 7.63. The third-order valence-electron chi connectivity index (χ3n) is 1.94. The highest BCUT2D eigenvalue weighted by Gasteiger charge is 2.18. The number of hydrogen-bond acceptors (Lipinski definition) is 3. The maximum Gasteiger partial charge on any atom is 0.280 e. The molecule has 0 aliphatic rings. The maximum atomic E-state index is 12.6. The molecule has 0 aliphatic heterocycles. The van der Waals surface area contributed by atoms with Crippen molar-refractivity contribution < 1.29 is 8.78 Å². The summed E-state index contributed by atoms with van der Waals surface area (Å²) in [5.74, 6) is -0.116. The quantitative estimate of drug-likeness (QED) is 0.765. The lowest BCUT2D eigenvalue weighted by atomic mass is 10.1. The Morgan fingerprint density at radius 1 is 1.44 bits per heavy atom. The van der Waals surface area contributed by atoms with Gasteiger partial charge in [-0.25, -0.2) is 13.8 Å². The van der Waals surface area contributed by atoms with Gasteiger partial charge in [-0.2, -0.15) is 10.5 Å². The lowest BCUT2D eigenvalue weighted by molar-refractivity contribution is 0.145. The molecule has 0 fully saturated rings. The highest BCUT2D eigenvalue weighted by atomic mass is 35.5. The maximum absolute atomic E-state index is 12.6. The number of nitriles is 2. The van der Waals surface area contributed by atoms with Crippen molar-refractivity contribution in [3.05, 3.63) is 28.6 Å². The van der Waals surface area contributed by atoms with Gasteiger partial charge in [-0.05, 0) is 11.6 Å². The molecule has 3 nitrogen and oxygen atoms in total. The fourth-order valence-electron chi connectivity index (χ4n) is 1.22. The number of nitrogens with zero attached hydrogens (tertiary/aromatic N) is 3. The summed E-state index contributed by atoms with van der Waals surface area (Å²) in [6, 6.07) is 4.81. The van der Waals surface area contributed by atoms with Crippen LogP contribution in [-0.2, 0) is 12.3 Å². The largest absolute Gasteiger partial charge is 0.280 e. The van der Waals surface area contributed by atoms with Gasteiger partial charge in [0.15, 0.2) is 0 Å². The molecule has 1 heterocycles. The second-order valence-corrected chi connectivity index (χ2v) is 3.18. The van der Waals surface area contributed by atoms with Crippen LogP contribution < -0.4 is 0 Å². The van der Waals surface area contributed by atoms with Crippen LogP contribution in [0.5, 0.6) is 0 Å². The van der Waals surface area contributed by atoms with E-state index in [0.29, 0.717) is 0 Å². The van der Waals surface area contributed by atoms with E-state index in [9.17, 15) is 8.78 Å². The number of rotatable bonds is 3. The fourth-order valence-corrected chi connectivity index (χ4v) is 1.43. The molecule has 0 N–H and O–H groups in total. The van der Waals surface area contributed by atoms with E-state index in [2.05, 4.69) is 4.98 Å². The minimum atomic E-state index is -2.78. The molecule has 1 aromatic heterocycles. The van der Waals surface area contributed by atoms with Crippen LogP contribution in [0.2, 0.25) is 0 Å². The van der Waals surface area contributed by atoms with Crippen LogP contribution in [0.1, 0.15) is 28.9 Å². The Morgan fingerprint density at radius 2 is 2.12 bits per heavy atom. The minimum Gasteiger partial charge on any atom is -0.249 e. The molecule has 0 amide bonds. The minimum absolute atomic E-state index is 0.0721. The Bertz CT molecular complexity index is 474. The normalized spacial score (nSPS) is 9.88. The zero-order valence-electron chi connectivity index (χ0n) is 8.04. The number of alkyl halides is 3. The molecule has 1 rings (SSSR count). The van der Waals surface area contributed by atoms with Crippen LogP contribution in [0.3, 0.4) is 0 Å². The van der Waals surface area contributed by atoms with Gasteiger partial charge in [-0.3, -0.25) is 0 Å². The van der Waals surface area contributed by atoms with Crippen molar-refractivity contribution in [3.8, 4) is 12.1 Å². The second-order valence-electron chi connectivity index (χ2n) is 2.91. The highest BCUT2D eigenvalue weighted by Crippen LogP contribution is 2.24. The number of aromatic nitrogens is 1. The number of halogens is 3. The first-order valence-electron chi connectivity index (χ1n) is 4.27.